The zero-order valence-electron chi connectivity index (χ0n) is 22.2. The summed E-state index contributed by atoms with van der Waals surface area (Å²) in [5.41, 5.74) is 2.21. The number of rotatable bonds is 7. The molecule has 6 rings (SSSR count). The fourth-order valence-electron chi connectivity index (χ4n) is 6.36. The first-order valence-corrected chi connectivity index (χ1v) is 14.9. The molecular formula is C28H36N6O4S. The Balaban J connectivity index is 1.22. The highest BCUT2D eigenvalue weighted by molar-refractivity contribution is 8.04. The highest BCUT2D eigenvalue weighted by atomic mass is 32.2. The Morgan fingerprint density at radius 1 is 1.13 bits per heavy atom. The van der Waals surface area contributed by atoms with Gasteiger partial charge in [-0.1, -0.05) is 31.2 Å². The van der Waals surface area contributed by atoms with Crippen molar-refractivity contribution in [2.75, 3.05) is 11.4 Å². The Bertz CT molecular complexity index is 1220. The summed E-state index contributed by atoms with van der Waals surface area (Å²) in [5.74, 6) is 0.125. The quantitative estimate of drug-likeness (QED) is 0.384. The lowest BCUT2D eigenvalue weighted by Crippen LogP contribution is -2.62. The van der Waals surface area contributed by atoms with Crippen LogP contribution in [0.2, 0.25) is 0 Å². The van der Waals surface area contributed by atoms with E-state index in [9.17, 15) is 14.4 Å². The smallest absolute Gasteiger partial charge is 0.326 e. The Morgan fingerprint density at radius 2 is 1.90 bits per heavy atom. The lowest BCUT2D eigenvalue weighted by Gasteiger charge is -2.46. The second kappa shape index (κ2) is 10.8. The van der Waals surface area contributed by atoms with Gasteiger partial charge in [0.15, 0.2) is 0 Å². The summed E-state index contributed by atoms with van der Waals surface area (Å²) in [6.45, 7) is 6.20. The molecule has 3 unspecified atom stereocenters. The molecule has 10 nitrogen and oxygen atoms in total. The van der Waals surface area contributed by atoms with E-state index in [1.165, 1.54) is 24.3 Å². The van der Waals surface area contributed by atoms with Gasteiger partial charge in [0.25, 0.3) is 5.91 Å². The van der Waals surface area contributed by atoms with E-state index in [0.29, 0.717) is 16.5 Å². The normalized spacial score (nSPS) is 30.1. The number of carbonyl (C=O) groups is 3. The Morgan fingerprint density at radius 3 is 2.59 bits per heavy atom. The zero-order valence-corrected chi connectivity index (χ0v) is 23.0. The van der Waals surface area contributed by atoms with E-state index in [0.717, 1.165) is 62.9 Å². The molecule has 2 saturated heterocycles. The van der Waals surface area contributed by atoms with E-state index >= 15 is 0 Å². The monoisotopic (exact) mass is 552 g/mol. The summed E-state index contributed by atoms with van der Waals surface area (Å²) in [5, 5.41) is 12.7. The molecule has 4 amide bonds. The van der Waals surface area contributed by atoms with E-state index in [-0.39, 0.29) is 53.4 Å². The van der Waals surface area contributed by atoms with Crippen molar-refractivity contribution < 1.29 is 19.1 Å². The number of hydrogen-bond acceptors (Lipinski definition) is 7. The van der Waals surface area contributed by atoms with Gasteiger partial charge in [-0.25, -0.2) is 9.78 Å². The van der Waals surface area contributed by atoms with E-state index in [1.54, 1.807) is 0 Å². The van der Waals surface area contributed by atoms with Gasteiger partial charge < -0.3 is 26.0 Å². The number of pyridine rings is 1. The molecule has 0 radical (unpaired) electrons. The molecule has 5 aliphatic rings. The fourth-order valence-corrected chi connectivity index (χ4v) is 7.76. The molecule has 4 heterocycles. The lowest BCUT2D eigenvalue weighted by molar-refractivity contribution is -0.120. The van der Waals surface area contributed by atoms with Crippen molar-refractivity contribution in [1.29, 1.82) is 0 Å². The maximum Gasteiger partial charge on any atom is 0.326 e. The maximum atomic E-state index is 13.6. The number of carbonyl (C=O) groups excluding carboxylic acids is 3. The minimum atomic E-state index is -0.244. The highest BCUT2D eigenvalue weighted by Gasteiger charge is 2.52. The lowest BCUT2D eigenvalue weighted by atomic mass is 9.86. The first-order valence-electron chi connectivity index (χ1n) is 14.1. The van der Waals surface area contributed by atoms with Gasteiger partial charge in [-0.3, -0.25) is 14.5 Å². The first kappa shape index (κ1) is 26.2. The minimum absolute atomic E-state index is 0.0142. The minimum Gasteiger partial charge on any atom is -0.474 e. The van der Waals surface area contributed by atoms with Crippen LogP contribution in [0, 0.1) is 12.8 Å². The van der Waals surface area contributed by atoms with Crippen LogP contribution >= 0.6 is 11.8 Å². The van der Waals surface area contributed by atoms with Crippen molar-refractivity contribution in [3.63, 3.8) is 0 Å². The first-order chi connectivity index (χ1) is 18.9. The van der Waals surface area contributed by atoms with E-state index in [4.69, 9.17) is 4.74 Å². The third kappa shape index (κ3) is 5.02. The standard InChI is InChI=1S/C28H36N6O4S/c1-3-21(35)31-17-9-4-5-10-18(17)32-26(36)25-24-23-20(13-14-29-27(23)39-25)34(28(37)33-24)19-11-12-22(30-15(19)2)38-16-7-6-8-16/h3,11-12,16-18,20,23,27,29H,1,4-10,13-14H2,2H3,(H,31,35)(H,32,36)(H,33,37)/t17-,18+,20?,23?,27?/m0/s1. The predicted molar refractivity (Wildman–Crippen MR) is 149 cm³/mol. The van der Waals surface area contributed by atoms with Gasteiger partial charge in [0.1, 0.15) is 6.10 Å². The number of hydrogen-bond donors (Lipinski definition) is 4. The summed E-state index contributed by atoms with van der Waals surface area (Å²) < 4.78 is 5.97. The van der Waals surface area contributed by atoms with Crippen molar-refractivity contribution in [2.24, 2.45) is 5.92 Å². The highest BCUT2D eigenvalue weighted by Crippen LogP contribution is 2.48. The molecule has 39 heavy (non-hydrogen) atoms. The molecule has 1 aromatic rings. The average Bonchev–Trinajstić information content (AvgIpc) is 3.27. The molecule has 0 spiro atoms. The number of urea groups is 1. The number of anilines is 1. The van der Waals surface area contributed by atoms with Crippen LogP contribution in [0.5, 0.6) is 5.88 Å². The van der Waals surface area contributed by atoms with Crippen LogP contribution in [0.25, 0.3) is 0 Å². The SMILES string of the molecule is C=CC(=O)N[C@H]1CCCC[C@H]1NC(=O)C1=C2NC(=O)N(c3ccc(OC4CCC4)nc3C)C3CCNC(S1)C23. The van der Waals surface area contributed by atoms with Crippen molar-refractivity contribution in [2.45, 2.75) is 87.9 Å². The van der Waals surface area contributed by atoms with Crippen LogP contribution in [0.15, 0.2) is 35.4 Å². The number of nitrogens with zero attached hydrogens (tertiary/aromatic N) is 2. The molecular weight excluding hydrogens is 516 g/mol. The molecule has 2 saturated carbocycles. The molecule has 5 atom stereocenters. The van der Waals surface area contributed by atoms with Gasteiger partial charge in [0, 0.05) is 29.8 Å². The van der Waals surface area contributed by atoms with Gasteiger partial charge in [-0.05, 0) is 64.1 Å². The van der Waals surface area contributed by atoms with Gasteiger partial charge >= 0.3 is 6.03 Å². The van der Waals surface area contributed by atoms with Crippen LogP contribution in [-0.4, -0.2) is 59.0 Å². The number of thioether (sulfide) groups is 1. The molecule has 4 fully saturated rings. The number of aryl methyl sites for hydroxylation is 1. The van der Waals surface area contributed by atoms with E-state index in [1.807, 2.05) is 24.0 Å². The second-order valence-corrected chi connectivity index (χ2v) is 12.2. The number of ether oxygens (including phenoxy) is 1. The van der Waals surface area contributed by atoms with Crippen molar-refractivity contribution in [1.82, 2.24) is 26.3 Å². The molecule has 0 bridgehead atoms. The van der Waals surface area contributed by atoms with Gasteiger partial charge in [-0.15, -0.1) is 0 Å². The maximum absolute atomic E-state index is 13.6. The zero-order chi connectivity index (χ0) is 27.1. The summed E-state index contributed by atoms with van der Waals surface area (Å²) >= 11 is 1.48. The van der Waals surface area contributed by atoms with Crippen molar-refractivity contribution in [3.05, 3.63) is 41.1 Å². The number of piperidine rings is 1. The molecule has 208 valence electrons. The molecule has 2 aliphatic carbocycles. The summed E-state index contributed by atoms with van der Waals surface area (Å²) in [7, 11) is 0. The van der Waals surface area contributed by atoms with E-state index in [2.05, 4.69) is 32.8 Å². The average molecular weight is 553 g/mol. The Labute approximate surface area is 232 Å². The molecule has 3 aliphatic heterocycles. The number of amides is 4. The summed E-state index contributed by atoms with van der Waals surface area (Å²) in [6, 6.07) is 3.14. The van der Waals surface area contributed by atoms with Gasteiger partial charge in [0.2, 0.25) is 11.8 Å². The van der Waals surface area contributed by atoms with Crippen molar-refractivity contribution in [3.8, 4) is 5.88 Å². The third-order valence-electron chi connectivity index (χ3n) is 8.57. The number of aromatic nitrogens is 1. The molecule has 0 aromatic carbocycles. The molecule has 11 heteroatoms. The number of nitrogens with one attached hydrogen (secondary N) is 4. The second-order valence-electron chi connectivity index (χ2n) is 11.0. The Hall–Kier alpha value is -3.05. The topological polar surface area (TPSA) is 125 Å². The van der Waals surface area contributed by atoms with Crippen LogP contribution < -0.4 is 30.9 Å². The van der Waals surface area contributed by atoms with Crippen LogP contribution in [0.1, 0.15) is 57.1 Å². The molecule has 1 aromatic heterocycles. The van der Waals surface area contributed by atoms with Crippen LogP contribution in [0.3, 0.4) is 0 Å². The van der Waals surface area contributed by atoms with E-state index < -0.39 is 0 Å². The predicted octanol–water partition coefficient (Wildman–Crippen LogP) is 2.84. The van der Waals surface area contributed by atoms with Crippen molar-refractivity contribution >= 4 is 35.3 Å². The van der Waals surface area contributed by atoms with Crippen LogP contribution in [-0.2, 0) is 9.59 Å². The largest absolute Gasteiger partial charge is 0.474 e. The van der Waals surface area contributed by atoms with Gasteiger partial charge in [-0.2, -0.15) is 0 Å². The Kier molecular flexibility index (Phi) is 7.28. The summed E-state index contributed by atoms with van der Waals surface area (Å²) in [4.78, 5) is 46.1. The summed E-state index contributed by atoms with van der Waals surface area (Å²) in [6.07, 6.45) is 9.16. The van der Waals surface area contributed by atoms with Gasteiger partial charge in [0.05, 0.1) is 27.7 Å². The molecule has 4 N–H and O–H groups in total. The third-order valence-corrected chi connectivity index (χ3v) is 9.93. The van der Waals surface area contributed by atoms with Crippen LogP contribution in [0.4, 0.5) is 10.5 Å². The fraction of sp³-hybridized carbons (Fsp3) is 0.571.